The fraction of sp³-hybridized carbons (Fsp3) is 0.889. The van der Waals surface area contributed by atoms with Gasteiger partial charge < -0.3 is 14.6 Å². The van der Waals surface area contributed by atoms with E-state index in [9.17, 15) is 4.79 Å². The summed E-state index contributed by atoms with van der Waals surface area (Å²) in [7, 11) is 0. The first-order chi connectivity index (χ1) is 6.77. The average molecular weight is 201 g/mol. The van der Waals surface area contributed by atoms with Crippen LogP contribution in [-0.2, 0) is 14.3 Å². The van der Waals surface area contributed by atoms with Gasteiger partial charge in [-0.3, -0.25) is 4.90 Å². The van der Waals surface area contributed by atoms with Crippen LogP contribution in [-0.4, -0.2) is 61.0 Å². The van der Waals surface area contributed by atoms with Crippen molar-refractivity contribution in [3.05, 3.63) is 0 Å². The Hall–Kier alpha value is -0.650. The van der Waals surface area contributed by atoms with Crippen LogP contribution in [0.15, 0.2) is 0 Å². The maximum atomic E-state index is 10.7. The van der Waals surface area contributed by atoms with Crippen LogP contribution in [0.3, 0.4) is 0 Å². The SMILES string of the molecule is O=C(O)C1CC(N2CCOCC2)CO1. The molecule has 5 nitrogen and oxygen atoms in total. The van der Waals surface area contributed by atoms with Crippen molar-refractivity contribution in [1.29, 1.82) is 0 Å². The van der Waals surface area contributed by atoms with Crippen LogP contribution in [0.1, 0.15) is 6.42 Å². The van der Waals surface area contributed by atoms with Gasteiger partial charge in [0.15, 0.2) is 6.10 Å². The highest BCUT2D eigenvalue weighted by atomic mass is 16.5. The van der Waals surface area contributed by atoms with Gasteiger partial charge in [-0.05, 0) is 0 Å². The van der Waals surface area contributed by atoms with Gasteiger partial charge in [0, 0.05) is 25.6 Å². The van der Waals surface area contributed by atoms with Gasteiger partial charge in [-0.15, -0.1) is 0 Å². The molecule has 2 rings (SSSR count). The highest BCUT2D eigenvalue weighted by Gasteiger charge is 2.34. The summed E-state index contributed by atoms with van der Waals surface area (Å²) in [6.07, 6.45) is -0.00200. The number of nitrogens with zero attached hydrogens (tertiary/aromatic N) is 1. The van der Waals surface area contributed by atoms with Crippen molar-refractivity contribution >= 4 is 5.97 Å². The second kappa shape index (κ2) is 4.25. The molecular formula is C9H15NO4. The van der Waals surface area contributed by atoms with Crippen LogP contribution in [0.2, 0.25) is 0 Å². The first-order valence-electron chi connectivity index (χ1n) is 4.93. The lowest BCUT2D eigenvalue weighted by molar-refractivity contribution is -0.147. The molecule has 2 unspecified atom stereocenters. The monoisotopic (exact) mass is 201 g/mol. The number of carbonyl (C=O) groups is 1. The fourth-order valence-corrected chi connectivity index (χ4v) is 1.98. The Bertz CT molecular complexity index is 215. The molecule has 0 aliphatic carbocycles. The van der Waals surface area contributed by atoms with E-state index in [0.717, 1.165) is 26.3 Å². The van der Waals surface area contributed by atoms with Crippen molar-refractivity contribution in [3.8, 4) is 0 Å². The van der Waals surface area contributed by atoms with E-state index >= 15 is 0 Å². The van der Waals surface area contributed by atoms with Crippen molar-refractivity contribution in [3.63, 3.8) is 0 Å². The van der Waals surface area contributed by atoms with Crippen LogP contribution in [0, 0.1) is 0 Å². The Labute approximate surface area is 82.6 Å². The van der Waals surface area contributed by atoms with E-state index in [1.807, 2.05) is 0 Å². The quantitative estimate of drug-likeness (QED) is 0.656. The molecule has 0 bridgehead atoms. The lowest BCUT2D eigenvalue weighted by Gasteiger charge is -2.31. The molecule has 0 aromatic heterocycles. The van der Waals surface area contributed by atoms with E-state index < -0.39 is 12.1 Å². The lowest BCUT2D eigenvalue weighted by atomic mass is 10.1. The molecule has 2 aliphatic heterocycles. The summed E-state index contributed by atoms with van der Waals surface area (Å²) in [6.45, 7) is 3.81. The second-order valence-corrected chi connectivity index (χ2v) is 3.70. The Kier molecular flexibility index (Phi) is 3.00. The zero-order valence-corrected chi connectivity index (χ0v) is 8.02. The molecule has 5 heteroatoms. The van der Waals surface area contributed by atoms with Crippen LogP contribution in [0.5, 0.6) is 0 Å². The molecular weight excluding hydrogens is 186 g/mol. The molecule has 2 fully saturated rings. The Morgan fingerprint density at radius 3 is 2.64 bits per heavy atom. The van der Waals surface area contributed by atoms with Crippen molar-refractivity contribution in [2.75, 3.05) is 32.9 Å². The fourth-order valence-electron chi connectivity index (χ4n) is 1.98. The predicted molar refractivity (Wildman–Crippen MR) is 48.2 cm³/mol. The molecule has 2 atom stereocenters. The summed E-state index contributed by atoms with van der Waals surface area (Å²) in [5.41, 5.74) is 0. The van der Waals surface area contributed by atoms with Crippen molar-refractivity contribution in [2.24, 2.45) is 0 Å². The van der Waals surface area contributed by atoms with E-state index in [1.165, 1.54) is 0 Å². The van der Waals surface area contributed by atoms with Crippen LogP contribution in [0.4, 0.5) is 0 Å². The number of hydrogen-bond acceptors (Lipinski definition) is 4. The van der Waals surface area contributed by atoms with Crippen LogP contribution in [0.25, 0.3) is 0 Å². The van der Waals surface area contributed by atoms with Gasteiger partial charge in [-0.2, -0.15) is 0 Å². The van der Waals surface area contributed by atoms with Gasteiger partial charge in [0.05, 0.1) is 19.8 Å². The average Bonchev–Trinajstić information content (AvgIpc) is 2.68. The van der Waals surface area contributed by atoms with E-state index in [0.29, 0.717) is 13.0 Å². The Balaban J connectivity index is 1.85. The van der Waals surface area contributed by atoms with Gasteiger partial charge in [-0.1, -0.05) is 0 Å². The number of morpholine rings is 1. The minimum Gasteiger partial charge on any atom is -0.479 e. The summed E-state index contributed by atoms with van der Waals surface area (Å²) in [6, 6.07) is 0.264. The molecule has 0 spiro atoms. The smallest absolute Gasteiger partial charge is 0.332 e. The number of hydrogen-bond donors (Lipinski definition) is 1. The number of ether oxygens (including phenoxy) is 2. The molecule has 1 N–H and O–H groups in total. The van der Waals surface area contributed by atoms with E-state index in [1.54, 1.807) is 0 Å². The first-order valence-corrected chi connectivity index (χ1v) is 4.93. The molecule has 2 aliphatic rings. The molecule has 2 heterocycles. The molecule has 0 radical (unpaired) electrons. The lowest BCUT2D eigenvalue weighted by Crippen LogP contribution is -2.44. The maximum absolute atomic E-state index is 10.7. The number of carboxylic acids is 1. The third kappa shape index (κ3) is 2.05. The molecule has 0 amide bonds. The van der Waals surface area contributed by atoms with Crippen LogP contribution >= 0.6 is 0 Å². The van der Waals surface area contributed by atoms with E-state index in [2.05, 4.69) is 4.90 Å². The number of rotatable bonds is 2. The third-order valence-corrected chi connectivity index (χ3v) is 2.81. The largest absolute Gasteiger partial charge is 0.479 e. The summed E-state index contributed by atoms with van der Waals surface area (Å²) >= 11 is 0. The second-order valence-electron chi connectivity index (χ2n) is 3.70. The summed E-state index contributed by atoms with van der Waals surface area (Å²) in [5.74, 6) is -0.847. The van der Waals surface area contributed by atoms with E-state index in [4.69, 9.17) is 14.6 Å². The van der Waals surface area contributed by atoms with Gasteiger partial charge in [0.2, 0.25) is 0 Å². The molecule has 2 saturated heterocycles. The first kappa shape index (κ1) is 9.89. The van der Waals surface area contributed by atoms with Gasteiger partial charge >= 0.3 is 5.97 Å². The highest BCUT2D eigenvalue weighted by Crippen LogP contribution is 2.19. The zero-order chi connectivity index (χ0) is 9.97. The minimum absolute atomic E-state index is 0.264. The van der Waals surface area contributed by atoms with Crippen molar-refractivity contribution < 1.29 is 19.4 Å². The Morgan fingerprint density at radius 2 is 2.07 bits per heavy atom. The topological polar surface area (TPSA) is 59.0 Å². The summed E-state index contributed by atoms with van der Waals surface area (Å²) in [4.78, 5) is 12.9. The summed E-state index contributed by atoms with van der Waals surface area (Å²) in [5, 5.41) is 8.76. The maximum Gasteiger partial charge on any atom is 0.332 e. The predicted octanol–water partition coefficient (Wildman–Crippen LogP) is -0.439. The van der Waals surface area contributed by atoms with Crippen molar-refractivity contribution in [1.82, 2.24) is 4.90 Å². The minimum atomic E-state index is -0.847. The molecule has 14 heavy (non-hydrogen) atoms. The normalized spacial score (nSPS) is 34.6. The van der Waals surface area contributed by atoms with Gasteiger partial charge in [0.25, 0.3) is 0 Å². The van der Waals surface area contributed by atoms with Crippen LogP contribution < -0.4 is 0 Å². The van der Waals surface area contributed by atoms with Crippen molar-refractivity contribution in [2.45, 2.75) is 18.6 Å². The molecule has 0 aromatic carbocycles. The standard InChI is InChI=1S/C9H15NO4/c11-9(12)8-5-7(6-14-8)10-1-3-13-4-2-10/h7-8H,1-6H2,(H,11,12). The molecule has 0 saturated carbocycles. The Morgan fingerprint density at radius 1 is 1.36 bits per heavy atom. The van der Waals surface area contributed by atoms with E-state index in [-0.39, 0.29) is 6.04 Å². The summed E-state index contributed by atoms with van der Waals surface area (Å²) < 4.78 is 10.4. The third-order valence-electron chi connectivity index (χ3n) is 2.81. The highest BCUT2D eigenvalue weighted by molar-refractivity contribution is 5.72. The zero-order valence-electron chi connectivity index (χ0n) is 8.02. The van der Waals surface area contributed by atoms with Gasteiger partial charge in [-0.25, -0.2) is 4.79 Å². The molecule has 80 valence electrons. The number of carboxylic acid groups (broad SMARTS) is 1. The molecule has 0 aromatic rings. The number of aliphatic carboxylic acids is 1. The van der Waals surface area contributed by atoms with Gasteiger partial charge in [0.1, 0.15) is 0 Å².